The summed E-state index contributed by atoms with van der Waals surface area (Å²) < 4.78 is 5.51. The van der Waals surface area contributed by atoms with Crippen LogP contribution in [0.25, 0.3) is 0 Å². The lowest BCUT2D eigenvalue weighted by molar-refractivity contribution is -0.154. The molecule has 1 aliphatic heterocycles. The number of carbonyl (C=O) groups is 3. The molecule has 3 rings (SSSR count). The first-order valence-corrected chi connectivity index (χ1v) is 10.5. The van der Waals surface area contributed by atoms with E-state index in [9.17, 15) is 14.4 Å². The van der Waals surface area contributed by atoms with Crippen molar-refractivity contribution in [2.75, 3.05) is 19.6 Å². The summed E-state index contributed by atoms with van der Waals surface area (Å²) >= 11 is 0. The van der Waals surface area contributed by atoms with Crippen LogP contribution in [0.1, 0.15) is 52.1 Å². The minimum atomic E-state index is -0.461. The second kappa shape index (κ2) is 10.1. The molecule has 1 atom stereocenters. The lowest BCUT2D eigenvalue weighted by Crippen LogP contribution is -2.42. The number of hydrogen-bond donors (Lipinski definition) is 1. The van der Waals surface area contributed by atoms with Crippen molar-refractivity contribution in [2.45, 2.75) is 39.7 Å². The van der Waals surface area contributed by atoms with E-state index in [4.69, 9.17) is 4.74 Å². The van der Waals surface area contributed by atoms with Gasteiger partial charge in [0, 0.05) is 24.5 Å². The van der Waals surface area contributed by atoms with Crippen LogP contribution in [-0.2, 0) is 9.53 Å². The van der Waals surface area contributed by atoms with Crippen LogP contribution < -0.4 is 5.32 Å². The number of nitrogens with one attached hydrogen (secondary N) is 1. The Bertz CT molecular complexity index is 954. The number of rotatable bonds is 6. The Labute approximate surface area is 182 Å². The van der Waals surface area contributed by atoms with Crippen LogP contribution in [0.15, 0.2) is 36.4 Å². The number of esters is 1. The second-order valence-electron chi connectivity index (χ2n) is 7.85. The van der Waals surface area contributed by atoms with E-state index in [2.05, 4.69) is 15.3 Å². The van der Waals surface area contributed by atoms with Crippen molar-refractivity contribution in [3.63, 3.8) is 0 Å². The number of ether oxygens (including phenoxy) is 1. The zero-order valence-electron chi connectivity index (χ0n) is 18.1. The molecule has 164 valence electrons. The zero-order chi connectivity index (χ0) is 22.4. The Balaban J connectivity index is 1.43. The number of hydrogen-bond acceptors (Lipinski definition) is 6. The molecule has 31 heavy (non-hydrogen) atoms. The van der Waals surface area contributed by atoms with Crippen molar-refractivity contribution in [3.05, 3.63) is 59.2 Å². The smallest absolute Gasteiger partial charge is 0.309 e. The highest BCUT2D eigenvalue weighted by Crippen LogP contribution is 2.20. The van der Waals surface area contributed by atoms with E-state index in [1.165, 1.54) is 0 Å². The number of piperidine rings is 1. The zero-order valence-corrected chi connectivity index (χ0v) is 18.1. The van der Waals surface area contributed by atoms with Gasteiger partial charge in [-0.05, 0) is 57.9 Å². The predicted octanol–water partition coefficient (Wildman–Crippen LogP) is 2.31. The molecule has 0 aliphatic carbocycles. The molecular weight excluding hydrogens is 396 g/mol. The standard InChI is InChI=1S/C23H28N4O4/c1-15-6-4-8-19(25-15)21(28)24-14-17(3)31-23(30)18-10-12-27(13-11-18)22(29)20-9-5-7-16(2)26-20/h4-9,17-18H,10-14H2,1-3H3,(H,24,28). The van der Waals surface area contributed by atoms with Crippen LogP contribution in [0, 0.1) is 19.8 Å². The van der Waals surface area contributed by atoms with E-state index < -0.39 is 6.10 Å². The molecule has 3 heterocycles. The Morgan fingerprint density at radius 1 is 1.03 bits per heavy atom. The summed E-state index contributed by atoms with van der Waals surface area (Å²) in [4.78, 5) is 47.4. The van der Waals surface area contributed by atoms with E-state index in [-0.39, 0.29) is 30.2 Å². The Morgan fingerprint density at radius 3 is 2.23 bits per heavy atom. The van der Waals surface area contributed by atoms with Crippen molar-refractivity contribution in [3.8, 4) is 0 Å². The minimum Gasteiger partial charge on any atom is -0.461 e. The highest BCUT2D eigenvalue weighted by Gasteiger charge is 2.30. The van der Waals surface area contributed by atoms with Crippen LogP contribution in [0.3, 0.4) is 0 Å². The first kappa shape index (κ1) is 22.4. The van der Waals surface area contributed by atoms with Gasteiger partial charge in [-0.3, -0.25) is 14.4 Å². The van der Waals surface area contributed by atoms with Gasteiger partial charge in [0.1, 0.15) is 17.5 Å². The van der Waals surface area contributed by atoms with Crippen molar-refractivity contribution in [1.82, 2.24) is 20.2 Å². The summed E-state index contributed by atoms with van der Waals surface area (Å²) in [6.07, 6.45) is 0.628. The quantitative estimate of drug-likeness (QED) is 0.714. The van der Waals surface area contributed by atoms with Gasteiger partial charge in [0.25, 0.3) is 11.8 Å². The van der Waals surface area contributed by atoms with E-state index in [1.54, 1.807) is 30.0 Å². The molecule has 0 bridgehead atoms. The topological polar surface area (TPSA) is 101 Å². The number of nitrogens with zero attached hydrogens (tertiary/aromatic N) is 3. The number of amides is 2. The molecule has 0 radical (unpaired) electrons. The first-order valence-electron chi connectivity index (χ1n) is 10.5. The molecular formula is C23H28N4O4. The summed E-state index contributed by atoms with van der Waals surface area (Å²) in [5.74, 6) is -0.971. The minimum absolute atomic E-state index is 0.114. The molecule has 8 nitrogen and oxygen atoms in total. The molecule has 0 spiro atoms. The van der Waals surface area contributed by atoms with Crippen molar-refractivity contribution < 1.29 is 19.1 Å². The van der Waals surface area contributed by atoms with Crippen LogP contribution in [0.4, 0.5) is 0 Å². The van der Waals surface area contributed by atoms with Crippen LogP contribution in [0.2, 0.25) is 0 Å². The number of aryl methyl sites for hydroxylation is 2. The lowest BCUT2D eigenvalue weighted by atomic mass is 9.96. The average Bonchev–Trinajstić information content (AvgIpc) is 2.77. The number of aromatic nitrogens is 2. The fourth-order valence-corrected chi connectivity index (χ4v) is 3.48. The van der Waals surface area contributed by atoms with Gasteiger partial charge in [0.05, 0.1) is 12.5 Å². The van der Waals surface area contributed by atoms with Gasteiger partial charge in [-0.1, -0.05) is 12.1 Å². The van der Waals surface area contributed by atoms with E-state index >= 15 is 0 Å². The van der Waals surface area contributed by atoms with Gasteiger partial charge in [0.15, 0.2) is 0 Å². The monoisotopic (exact) mass is 424 g/mol. The van der Waals surface area contributed by atoms with Crippen LogP contribution in [-0.4, -0.2) is 58.4 Å². The maximum atomic E-state index is 12.6. The van der Waals surface area contributed by atoms with Gasteiger partial charge in [-0.15, -0.1) is 0 Å². The van der Waals surface area contributed by atoms with Crippen molar-refractivity contribution in [1.29, 1.82) is 0 Å². The van der Waals surface area contributed by atoms with Gasteiger partial charge in [-0.2, -0.15) is 0 Å². The molecule has 1 unspecified atom stereocenters. The fourth-order valence-electron chi connectivity index (χ4n) is 3.48. The summed E-state index contributed by atoms with van der Waals surface area (Å²) in [5.41, 5.74) is 2.31. The summed E-state index contributed by atoms with van der Waals surface area (Å²) in [5, 5.41) is 2.74. The molecule has 0 aromatic carbocycles. The Kier molecular flexibility index (Phi) is 7.33. The van der Waals surface area contributed by atoms with E-state index in [1.807, 2.05) is 32.0 Å². The Hall–Kier alpha value is -3.29. The predicted molar refractivity (Wildman–Crippen MR) is 114 cm³/mol. The molecule has 1 fully saturated rings. The van der Waals surface area contributed by atoms with E-state index in [0.29, 0.717) is 37.3 Å². The molecule has 8 heteroatoms. The molecule has 2 aromatic heterocycles. The lowest BCUT2D eigenvalue weighted by Gasteiger charge is -2.31. The molecule has 1 saturated heterocycles. The molecule has 1 aliphatic rings. The average molecular weight is 425 g/mol. The molecule has 1 N–H and O–H groups in total. The number of carbonyl (C=O) groups excluding carboxylic acids is 3. The normalized spacial score (nSPS) is 15.3. The van der Waals surface area contributed by atoms with Gasteiger partial charge < -0.3 is 15.0 Å². The molecule has 2 amide bonds. The molecule has 0 saturated carbocycles. The second-order valence-corrected chi connectivity index (χ2v) is 7.85. The third kappa shape index (κ3) is 6.10. The van der Waals surface area contributed by atoms with Gasteiger partial charge >= 0.3 is 5.97 Å². The third-order valence-corrected chi connectivity index (χ3v) is 5.21. The van der Waals surface area contributed by atoms with Crippen molar-refractivity contribution in [2.24, 2.45) is 5.92 Å². The largest absolute Gasteiger partial charge is 0.461 e. The number of pyridine rings is 2. The fraction of sp³-hybridized carbons (Fsp3) is 0.435. The summed E-state index contributed by atoms with van der Waals surface area (Å²) in [6, 6.07) is 10.6. The van der Waals surface area contributed by atoms with Gasteiger partial charge in [0.2, 0.25) is 0 Å². The molecule has 2 aromatic rings. The highest BCUT2D eigenvalue weighted by molar-refractivity contribution is 5.93. The van der Waals surface area contributed by atoms with Crippen LogP contribution >= 0.6 is 0 Å². The highest BCUT2D eigenvalue weighted by atomic mass is 16.5. The Morgan fingerprint density at radius 2 is 1.61 bits per heavy atom. The SMILES string of the molecule is Cc1cccc(C(=O)NCC(C)OC(=O)C2CCN(C(=O)c3cccc(C)n3)CC2)n1. The van der Waals surface area contributed by atoms with Crippen molar-refractivity contribution >= 4 is 17.8 Å². The maximum Gasteiger partial charge on any atom is 0.309 e. The first-order chi connectivity index (χ1) is 14.8. The maximum absolute atomic E-state index is 12.6. The third-order valence-electron chi connectivity index (χ3n) is 5.21. The summed E-state index contributed by atoms with van der Waals surface area (Å²) in [6.45, 7) is 6.58. The van der Waals surface area contributed by atoms with Gasteiger partial charge in [-0.25, -0.2) is 9.97 Å². The van der Waals surface area contributed by atoms with E-state index in [0.717, 1.165) is 11.4 Å². The number of likely N-dealkylation sites (tertiary alicyclic amines) is 1. The summed E-state index contributed by atoms with van der Waals surface area (Å²) in [7, 11) is 0. The van der Waals surface area contributed by atoms with Crippen LogP contribution in [0.5, 0.6) is 0 Å².